The monoisotopic (exact) mass is 268 g/mol. The molecule has 1 aromatic carbocycles. The molecule has 0 N–H and O–H groups in total. The first-order valence-corrected chi connectivity index (χ1v) is 7.81. The van der Waals surface area contributed by atoms with Crippen LogP contribution in [0.1, 0.15) is 23.7 Å². The predicted molar refractivity (Wildman–Crippen MR) is 68.7 cm³/mol. The van der Waals surface area contributed by atoms with E-state index >= 15 is 0 Å². The lowest BCUT2D eigenvalue weighted by molar-refractivity contribution is 0.0933. The number of rotatable bonds is 4. The van der Waals surface area contributed by atoms with E-state index < -0.39 is 9.84 Å². The molecule has 1 aliphatic heterocycles. The van der Waals surface area contributed by atoms with Crippen molar-refractivity contribution < 1.29 is 17.9 Å². The zero-order valence-electron chi connectivity index (χ0n) is 10.3. The van der Waals surface area contributed by atoms with Crippen LogP contribution in [0.15, 0.2) is 24.3 Å². The molecule has 0 saturated carbocycles. The van der Waals surface area contributed by atoms with Gasteiger partial charge in [-0.05, 0) is 37.6 Å². The van der Waals surface area contributed by atoms with Crippen LogP contribution in [0.25, 0.3) is 0 Å². The Hall–Kier alpha value is -1.36. The smallest absolute Gasteiger partial charge is 0.166 e. The Morgan fingerprint density at radius 1 is 1.33 bits per heavy atom. The zero-order valence-corrected chi connectivity index (χ0v) is 11.1. The van der Waals surface area contributed by atoms with Gasteiger partial charge < -0.3 is 4.74 Å². The first-order valence-electron chi connectivity index (χ1n) is 5.99. The molecule has 18 heavy (non-hydrogen) atoms. The molecule has 4 nitrogen and oxygen atoms in total. The molecule has 5 heteroatoms. The number of carbonyl (C=O) groups is 1. The van der Waals surface area contributed by atoms with E-state index in [1.54, 1.807) is 24.3 Å². The summed E-state index contributed by atoms with van der Waals surface area (Å²) in [6, 6.07) is 6.86. The second-order valence-corrected chi connectivity index (χ2v) is 6.65. The maximum Gasteiger partial charge on any atom is 0.166 e. The van der Waals surface area contributed by atoms with Crippen LogP contribution in [0.5, 0.6) is 5.75 Å². The summed E-state index contributed by atoms with van der Waals surface area (Å²) < 4.78 is 28.0. The van der Waals surface area contributed by atoms with Gasteiger partial charge in [0.1, 0.15) is 5.75 Å². The molecule has 0 amide bonds. The normalized spacial score (nSPS) is 21.7. The number of ketones is 1. The van der Waals surface area contributed by atoms with E-state index in [-0.39, 0.29) is 23.2 Å². The van der Waals surface area contributed by atoms with Crippen molar-refractivity contribution in [3.8, 4) is 5.75 Å². The fourth-order valence-corrected chi connectivity index (χ4v) is 3.86. The summed E-state index contributed by atoms with van der Waals surface area (Å²) in [6.45, 7) is 2.47. The largest absolute Gasteiger partial charge is 0.494 e. The molecule has 0 bridgehead atoms. The predicted octanol–water partition coefficient (Wildman–Crippen LogP) is 1.70. The van der Waals surface area contributed by atoms with Gasteiger partial charge in [0, 0.05) is 11.5 Å². The highest BCUT2D eigenvalue weighted by molar-refractivity contribution is 7.91. The van der Waals surface area contributed by atoms with Crippen LogP contribution in [0.4, 0.5) is 0 Å². The molecule has 0 spiro atoms. The Morgan fingerprint density at radius 3 is 2.50 bits per heavy atom. The SMILES string of the molecule is CCOc1ccc(C(=O)C2CCS(=O)(=O)C2)cc1. The average Bonchev–Trinajstić information content (AvgIpc) is 2.70. The van der Waals surface area contributed by atoms with E-state index in [9.17, 15) is 13.2 Å². The molecule has 1 aliphatic rings. The molecule has 0 radical (unpaired) electrons. The highest BCUT2D eigenvalue weighted by Crippen LogP contribution is 2.23. The molecule has 2 rings (SSSR count). The minimum atomic E-state index is -3.01. The number of hydrogen-bond acceptors (Lipinski definition) is 4. The van der Waals surface area contributed by atoms with Gasteiger partial charge in [0.05, 0.1) is 18.1 Å². The fraction of sp³-hybridized carbons (Fsp3) is 0.462. The van der Waals surface area contributed by atoms with Crippen molar-refractivity contribution in [1.29, 1.82) is 0 Å². The molecule has 1 aromatic rings. The Balaban J connectivity index is 2.10. The lowest BCUT2D eigenvalue weighted by Gasteiger charge is -2.08. The van der Waals surface area contributed by atoms with Crippen LogP contribution < -0.4 is 4.74 Å². The first-order chi connectivity index (χ1) is 8.52. The molecule has 0 aliphatic carbocycles. The van der Waals surface area contributed by atoms with Crippen LogP contribution >= 0.6 is 0 Å². The minimum Gasteiger partial charge on any atom is -0.494 e. The molecule has 0 aromatic heterocycles. The van der Waals surface area contributed by atoms with Crippen molar-refractivity contribution in [2.75, 3.05) is 18.1 Å². The Labute approximate surface area is 107 Å². The summed E-state index contributed by atoms with van der Waals surface area (Å²) in [4.78, 5) is 12.1. The Morgan fingerprint density at radius 2 is 2.00 bits per heavy atom. The summed E-state index contributed by atoms with van der Waals surface area (Å²) in [5.74, 6) is 0.361. The number of hydrogen-bond donors (Lipinski definition) is 0. The molecular formula is C13H16O4S. The van der Waals surface area contributed by atoms with Crippen LogP contribution in [0, 0.1) is 5.92 Å². The van der Waals surface area contributed by atoms with Gasteiger partial charge in [0.15, 0.2) is 15.6 Å². The molecule has 1 atom stereocenters. The number of sulfone groups is 1. The third-order valence-electron chi connectivity index (χ3n) is 3.05. The highest BCUT2D eigenvalue weighted by Gasteiger charge is 2.33. The van der Waals surface area contributed by atoms with Crippen LogP contribution in [0.2, 0.25) is 0 Å². The van der Waals surface area contributed by atoms with Crippen LogP contribution in [-0.4, -0.2) is 32.3 Å². The van der Waals surface area contributed by atoms with Gasteiger partial charge in [0.2, 0.25) is 0 Å². The van der Waals surface area contributed by atoms with E-state index in [0.717, 1.165) is 0 Å². The van der Waals surface area contributed by atoms with Crippen molar-refractivity contribution in [2.24, 2.45) is 5.92 Å². The van der Waals surface area contributed by atoms with Crippen molar-refractivity contribution >= 4 is 15.6 Å². The van der Waals surface area contributed by atoms with Gasteiger partial charge in [-0.2, -0.15) is 0 Å². The van der Waals surface area contributed by atoms with E-state index in [2.05, 4.69) is 0 Å². The first kappa shape index (κ1) is 13.1. The summed E-state index contributed by atoms with van der Waals surface area (Å²) in [6.07, 6.45) is 0.439. The second kappa shape index (κ2) is 5.10. The Bertz CT molecular complexity index is 531. The molecule has 1 fully saturated rings. The number of carbonyl (C=O) groups excluding carboxylic acids is 1. The average molecular weight is 268 g/mol. The van der Waals surface area contributed by atoms with Gasteiger partial charge in [-0.25, -0.2) is 8.42 Å². The summed E-state index contributed by atoms with van der Waals surface area (Å²) in [7, 11) is -3.01. The summed E-state index contributed by atoms with van der Waals surface area (Å²) in [5.41, 5.74) is 0.556. The summed E-state index contributed by atoms with van der Waals surface area (Å²) >= 11 is 0. The summed E-state index contributed by atoms with van der Waals surface area (Å²) in [5, 5.41) is 0. The lowest BCUT2D eigenvalue weighted by atomic mass is 9.97. The van der Waals surface area contributed by atoms with Gasteiger partial charge in [-0.1, -0.05) is 0 Å². The second-order valence-electron chi connectivity index (χ2n) is 4.42. The van der Waals surface area contributed by atoms with E-state index in [0.29, 0.717) is 24.3 Å². The van der Waals surface area contributed by atoms with Crippen molar-refractivity contribution in [3.63, 3.8) is 0 Å². The van der Waals surface area contributed by atoms with Crippen molar-refractivity contribution in [2.45, 2.75) is 13.3 Å². The Kier molecular flexibility index (Phi) is 3.71. The van der Waals surface area contributed by atoms with Gasteiger partial charge in [-0.3, -0.25) is 4.79 Å². The fourth-order valence-electron chi connectivity index (χ4n) is 2.12. The lowest BCUT2D eigenvalue weighted by Crippen LogP contribution is -2.16. The van der Waals surface area contributed by atoms with E-state index in [1.165, 1.54) is 0 Å². The number of benzene rings is 1. The number of Topliss-reactive ketones (excluding diaryl/α,β-unsaturated/α-hetero) is 1. The zero-order chi connectivity index (χ0) is 13.2. The minimum absolute atomic E-state index is 0.0148. The standard InChI is InChI=1S/C13H16O4S/c1-2-17-12-5-3-10(4-6-12)13(14)11-7-8-18(15,16)9-11/h3-6,11H,2,7-9H2,1H3. The van der Waals surface area contributed by atoms with Gasteiger partial charge >= 0.3 is 0 Å². The molecule has 1 saturated heterocycles. The number of ether oxygens (including phenoxy) is 1. The molecule has 98 valence electrons. The highest BCUT2D eigenvalue weighted by atomic mass is 32.2. The van der Waals surface area contributed by atoms with Gasteiger partial charge in [0.25, 0.3) is 0 Å². The molecule has 1 unspecified atom stereocenters. The maximum absolute atomic E-state index is 12.1. The topological polar surface area (TPSA) is 60.4 Å². The molecular weight excluding hydrogens is 252 g/mol. The van der Waals surface area contributed by atoms with E-state index in [4.69, 9.17) is 4.74 Å². The van der Waals surface area contributed by atoms with E-state index in [1.807, 2.05) is 6.92 Å². The third kappa shape index (κ3) is 2.90. The van der Waals surface area contributed by atoms with Crippen molar-refractivity contribution in [1.82, 2.24) is 0 Å². The van der Waals surface area contributed by atoms with Crippen LogP contribution in [0.3, 0.4) is 0 Å². The van der Waals surface area contributed by atoms with Gasteiger partial charge in [-0.15, -0.1) is 0 Å². The third-order valence-corrected chi connectivity index (χ3v) is 4.82. The van der Waals surface area contributed by atoms with Crippen LogP contribution in [-0.2, 0) is 9.84 Å². The maximum atomic E-state index is 12.1. The quantitative estimate of drug-likeness (QED) is 0.780. The molecule has 1 heterocycles. The van der Waals surface area contributed by atoms with Crippen molar-refractivity contribution in [3.05, 3.63) is 29.8 Å².